The molecule has 2 nitrogen and oxygen atoms in total. The molecule has 46 heavy (non-hydrogen) atoms. The fourth-order valence-electron chi connectivity index (χ4n) is 6.96. The molecule has 1 heterocycles. The van der Waals surface area contributed by atoms with E-state index in [1.165, 1.54) is 38.4 Å². The van der Waals surface area contributed by atoms with Gasteiger partial charge in [-0.15, -0.1) is 0 Å². The summed E-state index contributed by atoms with van der Waals surface area (Å²) in [5, 5.41) is 6.97. The van der Waals surface area contributed by atoms with Crippen LogP contribution in [0.5, 0.6) is 0 Å². The third-order valence-electron chi connectivity index (χ3n) is 9.03. The Morgan fingerprint density at radius 3 is 1.87 bits per heavy atom. The SMILES string of the molecule is c1ccc(-c2cccc(N(c3ccccc3)c3cccc4oc5c6ccccc6c(-c6cccc7ccccc67)cc5c34)c2)cc1. The summed E-state index contributed by atoms with van der Waals surface area (Å²) in [7, 11) is 0. The minimum absolute atomic E-state index is 0.868. The minimum Gasteiger partial charge on any atom is -0.455 e. The first-order valence-electron chi connectivity index (χ1n) is 15.7. The highest BCUT2D eigenvalue weighted by molar-refractivity contribution is 6.23. The van der Waals surface area contributed by atoms with E-state index in [-0.39, 0.29) is 0 Å². The standard InChI is InChI=1S/C44H29NO/c1-3-14-30(15-4-1)32-18-11-21-34(28-32)45(33-19-5-2-6-20-33)41-26-13-27-42-43(41)40-29-39(37-23-9-10-24-38(37)44(40)46-42)36-25-12-17-31-16-7-8-22-35(31)36/h1-29H. The van der Waals surface area contributed by atoms with Crippen molar-refractivity contribution < 1.29 is 4.42 Å². The molecule has 2 heteroatoms. The maximum absolute atomic E-state index is 6.77. The highest BCUT2D eigenvalue weighted by Crippen LogP contribution is 2.47. The lowest BCUT2D eigenvalue weighted by Crippen LogP contribution is -2.10. The predicted octanol–water partition coefficient (Wildman–Crippen LogP) is 12.7. The molecule has 0 aliphatic heterocycles. The van der Waals surface area contributed by atoms with Crippen molar-refractivity contribution in [1.29, 1.82) is 0 Å². The summed E-state index contributed by atoms with van der Waals surface area (Å²) in [6.07, 6.45) is 0. The van der Waals surface area contributed by atoms with E-state index in [2.05, 4.69) is 181 Å². The molecule has 0 aliphatic carbocycles. The second-order valence-electron chi connectivity index (χ2n) is 11.7. The average molecular weight is 588 g/mol. The summed E-state index contributed by atoms with van der Waals surface area (Å²) in [6, 6.07) is 62.6. The summed E-state index contributed by atoms with van der Waals surface area (Å²) in [5.74, 6) is 0. The number of para-hydroxylation sites is 1. The van der Waals surface area contributed by atoms with Crippen molar-refractivity contribution in [3.63, 3.8) is 0 Å². The van der Waals surface area contributed by atoms with Gasteiger partial charge in [0.2, 0.25) is 0 Å². The molecule has 0 fully saturated rings. The first-order chi connectivity index (χ1) is 22.8. The first-order valence-corrected chi connectivity index (χ1v) is 15.7. The van der Waals surface area contributed by atoms with Gasteiger partial charge in [0.05, 0.1) is 11.1 Å². The maximum atomic E-state index is 6.77. The van der Waals surface area contributed by atoms with Crippen molar-refractivity contribution >= 4 is 60.5 Å². The highest BCUT2D eigenvalue weighted by Gasteiger charge is 2.22. The molecule has 9 aromatic rings. The fraction of sp³-hybridized carbons (Fsp3) is 0. The molecule has 1 aromatic heterocycles. The number of nitrogens with zero attached hydrogens (tertiary/aromatic N) is 1. The Hall–Kier alpha value is -6.12. The van der Waals surface area contributed by atoms with E-state index in [9.17, 15) is 0 Å². The Kier molecular flexibility index (Phi) is 6.17. The van der Waals surface area contributed by atoms with E-state index in [0.717, 1.165) is 44.4 Å². The van der Waals surface area contributed by atoms with Gasteiger partial charge in [0.1, 0.15) is 11.2 Å². The zero-order chi connectivity index (χ0) is 30.5. The van der Waals surface area contributed by atoms with Crippen molar-refractivity contribution in [3.05, 3.63) is 176 Å². The monoisotopic (exact) mass is 587 g/mol. The topological polar surface area (TPSA) is 16.4 Å². The van der Waals surface area contributed by atoms with Gasteiger partial charge in [-0.25, -0.2) is 0 Å². The van der Waals surface area contributed by atoms with E-state index in [4.69, 9.17) is 4.42 Å². The summed E-state index contributed by atoms with van der Waals surface area (Å²) in [6.45, 7) is 0. The van der Waals surface area contributed by atoms with Crippen LogP contribution in [-0.2, 0) is 0 Å². The molecular weight excluding hydrogens is 558 g/mol. The third kappa shape index (κ3) is 4.27. The number of fused-ring (bicyclic) bond motifs is 6. The molecule has 0 saturated carbocycles. The fourth-order valence-corrected chi connectivity index (χ4v) is 6.96. The van der Waals surface area contributed by atoms with Crippen molar-refractivity contribution in [1.82, 2.24) is 0 Å². The Labute approximate surface area is 267 Å². The molecule has 0 N–H and O–H groups in total. The lowest BCUT2D eigenvalue weighted by molar-refractivity contribution is 0.672. The molecule has 9 rings (SSSR count). The summed E-state index contributed by atoms with van der Waals surface area (Å²) in [5.41, 5.74) is 9.82. The molecule has 0 radical (unpaired) electrons. The number of benzene rings is 8. The van der Waals surface area contributed by atoms with Crippen LogP contribution in [0.1, 0.15) is 0 Å². The zero-order valence-corrected chi connectivity index (χ0v) is 25.1. The quantitative estimate of drug-likeness (QED) is 0.199. The van der Waals surface area contributed by atoms with Gasteiger partial charge in [-0.3, -0.25) is 0 Å². The summed E-state index contributed by atoms with van der Waals surface area (Å²) in [4.78, 5) is 2.36. The van der Waals surface area contributed by atoms with Crippen LogP contribution in [0.15, 0.2) is 180 Å². The Morgan fingerprint density at radius 1 is 0.391 bits per heavy atom. The maximum Gasteiger partial charge on any atom is 0.143 e. The normalized spacial score (nSPS) is 11.5. The molecule has 0 amide bonds. The van der Waals surface area contributed by atoms with Gasteiger partial charge < -0.3 is 9.32 Å². The lowest BCUT2D eigenvalue weighted by atomic mass is 9.92. The summed E-state index contributed by atoms with van der Waals surface area (Å²) >= 11 is 0. The molecule has 0 unspecified atom stereocenters. The number of furan rings is 1. The van der Waals surface area contributed by atoms with Gasteiger partial charge in [-0.2, -0.15) is 0 Å². The van der Waals surface area contributed by atoms with Gasteiger partial charge in [-0.1, -0.05) is 133 Å². The van der Waals surface area contributed by atoms with Crippen molar-refractivity contribution in [2.24, 2.45) is 0 Å². The second kappa shape index (κ2) is 10.8. The van der Waals surface area contributed by atoms with Crippen molar-refractivity contribution in [2.75, 3.05) is 4.90 Å². The van der Waals surface area contributed by atoms with Gasteiger partial charge in [0.15, 0.2) is 0 Å². The molecule has 216 valence electrons. The van der Waals surface area contributed by atoms with Crippen LogP contribution in [0.4, 0.5) is 17.1 Å². The lowest BCUT2D eigenvalue weighted by Gasteiger charge is -2.26. The molecular formula is C44H29NO. The van der Waals surface area contributed by atoms with Gasteiger partial charge in [0, 0.05) is 22.1 Å². The van der Waals surface area contributed by atoms with Crippen LogP contribution in [0.25, 0.3) is 65.7 Å². The van der Waals surface area contributed by atoms with Crippen molar-refractivity contribution in [3.8, 4) is 22.3 Å². The molecule has 0 atom stereocenters. The smallest absolute Gasteiger partial charge is 0.143 e. The van der Waals surface area contributed by atoms with E-state index in [1.807, 2.05) is 0 Å². The first kappa shape index (κ1) is 26.3. The Morgan fingerprint density at radius 2 is 1.02 bits per heavy atom. The van der Waals surface area contributed by atoms with E-state index < -0.39 is 0 Å². The predicted molar refractivity (Wildman–Crippen MR) is 194 cm³/mol. The second-order valence-corrected chi connectivity index (χ2v) is 11.7. The molecule has 0 saturated heterocycles. The van der Waals surface area contributed by atoms with Gasteiger partial charge in [0.25, 0.3) is 0 Å². The third-order valence-corrected chi connectivity index (χ3v) is 9.03. The van der Waals surface area contributed by atoms with Crippen LogP contribution >= 0.6 is 0 Å². The zero-order valence-electron chi connectivity index (χ0n) is 25.1. The van der Waals surface area contributed by atoms with Crippen LogP contribution in [-0.4, -0.2) is 0 Å². The van der Waals surface area contributed by atoms with Gasteiger partial charge >= 0.3 is 0 Å². The van der Waals surface area contributed by atoms with Crippen LogP contribution in [0, 0.1) is 0 Å². The largest absolute Gasteiger partial charge is 0.455 e. The molecule has 0 aliphatic rings. The molecule has 0 spiro atoms. The number of anilines is 3. The van der Waals surface area contributed by atoms with Gasteiger partial charge in [-0.05, 0) is 80.9 Å². The van der Waals surface area contributed by atoms with Crippen molar-refractivity contribution in [2.45, 2.75) is 0 Å². The van der Waals surface area contributed by atoms with Crippen LogP contribution < -0.4 is 4.90 Å². The summed E-state index contributed by atoms with van der Waals surface area (Å²) < 4.78 is 6.77. The highest BCUT2D eigenvalue weighted by atomic mass is 16.3. The molecule has 8 aromatic carbocycles. The van der Waals surface area contributed by atoms with Crippen LogP contribution in [0.3, 0.4) is 0 Å². The van der Waals surface area contributed by atoms with Crippen LogP contribution in [0.2, 0.25) is 0 Å². The average Bonchev–Trinajstić information content (AvgIpc) is 3.52. The van der Waals surface area contributed by atoms with E-state index in [0.29, 0.717) is 0 Å². The van der Waals surface area contributed by atoms with E-state index >= 15 is 0 Å². The number of hydrogen-bond acceptors (Lipinski definition) is 2. The minimum atomic E-state index is 0.868. The number of hydrogen-bond donors (Lipinski definition) is 0. The molecule has 0 bridgehead atoms. The Bertz CT molecular complexity index is 2520. The Balaban J connectivity index is 1.35. The van der Waals surface area contributed by atoms with E-state index in [1.54, 1.807) is 0 Å². The number of rotatable bonds is 5.